The van der Waals surface area contributed by atoms with Gasteiger partial charge in [0.05, 0.1) is 24.5 Å². The molecular weight excluding hydrogens is 516 g/mol. The number of carbonyl (C=O) groups excluding carboxylic acids is 1. The van der Waals surface area contributed by atoms with Crippen molar-refractivity contribution in [2.45, 2.75) is 56.7 Å². The van der Waals surface area contributed by atoms with Gasteiger partial charge in [0.1, 0.15) is 11.6 Å². The molecule has 39 heavy (non-hydrogen) atoms. The lowest BCUT2D eigenvalue weighted by Crippen LogP contribution is -2.35. The summed E-state index contributed by atoms with van der Waals surface area (Å²) in [5, 5.41) is 7.02. The van der Waals surface area contributed by atoms with Gasteiger partial charge in [0, 0.05) is 31.1 Å². The lowest BCUT2D eigenvalue weighted by molar-refractivity contribution is 0.00273. The highest BCUT2D eigenvalue weighted by atomic mass is 32.2. The second kappa shape index (κ2) is 9.80. The number of anilines is 1. The molecule has 3 heterocycles. The zero-order valence-corrected chi connectivity index (χ0v) is 22.9. The van der Waals surface area contributed by atoms with Gasteiger partial charge in [-0.2, -0.15) is 13.5 Å². The van der Waals surface area contributed by atoms with Gasteiger partial charge in [-0.25, -0.2) is 9.52 Å². The molecule has 1 aliphatic heterocycles. The number of hydrogen-bond donors (Lipinski definition) is 2. The van der Waals surface area contributed by atoms with Gasteiger partial charge in [0.25, 0.3) is 10.0 Å². The van der Waals surface area contributed by atoms with Crippen molar-refractivity contribution in [2.75, 3.05) is 19.0 Å². The van der Waals surface area contributed by atoms with E-state index in [0.717, 1.165) is 60.1 Å². The molecule has 1 fully saturated rings. The Bertz CT molecular complexity index is 1670. The molecule has 1 atom stereocenters. The molecule has 1 saturated carbocycles. The maximum Gasteiger partial charge on any atom is 0.333 e. The smallest absolute Gasteiger partial charge is 0.333 e. The fourth-order valence-electron chi connectivity index (χ4n) is 5.78. The normalized spacial score (nSPS) is 18.9. The fourth-order valence-corrected chi connectivity index (χ4v) is 6.66. The summed E-state index contributed by atoms with van der Waals surface area (Å²) in [6.07, 6.45) is 8.19. The third-order valence-corrected chi connectivity index (χ3v) is 8.95. The van der Waals surface area contributed by atoms with Gasteiger partial charge in [0.15, 0.2) is 5.03 Å². The van der Waals surface area contributed by atoms with E-state index in [0.29, 0.717) is 30.2 Å². The lowest BCUT2D eigenvalue weighted by Gasteiger charge is -2.23. The highest BCUT2D eigenvalue weighted by molar-refractivity contribution is 7.90. The predicted octanol–water partition coefficient (Wildman–Crippen LogP) is 3.77. The second-order valence-corrected chi connectivity index (χ2v) is 12.0. The van der Waals surface area contributed by atoms with Crippen LogP contribution in [0.4, 0.5) is 10.5 Å². The fraction of sp³-hybridized carbons (Fsp3) is 0.393. The predicted molar refractivity (Wildman–Crippen MR) is 147 cm³/mol. The summed E-state index contributed by atoms with van der Waals surface area (Å²) >= 11 is 0. The number of aryl methyl sites for hydroxylation is 2. The molecule has 3 aromatic rings. The number of fused-ring (bicyclic) bond motifs is 2. The average Bonchev–Trinajstić information content (AvgIpc) is 3.47. The molecule has 11 heteroatoms. The quantitative estimate of drug-likeness (QED) is 0.486. The molecule has 0 radical (unpaired) electrons. The van der Waals surface area contributed by atoms with Crippen molar-refractivity contribution < 1.29 is 17.9 Å². The number of ether oxygens (including phenoxy) is 1. The Kier molecular flexibility index (Phi) is 6.43. The van der Waals surface area contributed by atoms with Crippen LogP contribution in [-0.2, 0) is 34.1 Å². The van der Waals surface area contributed by atoms with E-state index in [-0.39, 0.29) is 11.1 Å². The standard InChI is InChI=1S/C28H32N6O4S/c1-4-33-11-10-20(15-23(33)29-3)25-17(2)14-19-6-5-7-21(19)26(25)30-28(35)32-39(36,37)24-16-22-27(18-8-9-18)38-13-12-34(22)31-24/h4,10-11,14-16,18,27H,1,5-9,12-13H2,2-3H3,(H2,30,32,35)/t27-/m1/s1. The van der Waals surface area contributed by atoms with Crippen molar-refractivity contribution in [3.8, 4) is 11.1 Å². The van der Waals surface area contributed by atoms with Gasteiger partial charge < -0.3 is 14.6 Å². The number of aromatic nitrogens is 3. The van der Waals surface area contributed by atoms with Crippen molar-refractivity contribution >= 4 is 27.9 Å². The number of rotatable bonds is 6. The topological polar surface area (TPSA) is 120 Å². The number of hydrogen-bond acceptors (Lipinski definition) is 6. The zero-order valence-electron chi connectivity index (χ0n) is 22.1. The van der Waals surface area contributed by atoms with Gasteiger partial charge in [-0.1, -0.05) is 12.6 Å². The van der Waals surface area contributed by atoms with Crippen molar-refractivity contribution in [1.82, 2.24) is 19.1 Å². The van der Waals surface area contributed by atoms with Crippen LogP contribution in [0.15, 0.2) is 47.1 Å². The molecule has 0 unspecified atom stereocenters. The van der Waals surface area contributed by atoms with Gasteiger partial charge >= 0.3 is 6.03 Å². The van der Waals surface area contributed by atoms with Gasteiger partial charge in [-0.3, -0.25) is 9.67 Å². The summed E-state index contributed by atoms with van der Waals surface area (Å²) in [4.78, 5) is 17.6. The maximum absolute atomic E-state index is 13.2. The van der Waals surface area contributed by atoms with Crippen LogP contribution in [0, 0.1) is 12.8 Å². The first-order valence-electron chi connectivity index (χ1n) is 13.3. The highest BCUT2D eigenvalue weighted by Gasteiger charge is 2.38. The summed E-state index contributed by atoms with van der Waals surface area (Å²) in [5.74, 6) is 0.398. The SMILES string of the molecule is C=Cn1ccc(-c2c(C)cc3c(c2NC(=O)NS(=O)(=O)c2cc4n(n2)CCO[C@@H]4C2CC2)CCC3)cc1=NC. The van der Waals surface area contributed by atoms with E-state index in [9.17, 15) is 13.2 Å². The highest BCUT2D eigenvalue weighted by Crippen LogP contribution is 2.45. The van der Waals surface area contributed by atoms with Crippen molar-refractivity contribution in [3.63, 3.8) is 0 Å². The van der Waals surface area contributed by atoms with Crippen LogP contribution in [-0.4, -0.2) is 42.5 Å². The minimum Gasteiger partial charge on any atom is -0.370 e. The van der Waals surface area contributed by atoms with Crippen LogP contribution in [0.1, 0.15) is 47.8 Å². The molecule has 2 amide bonds. The molecule has 2 N–H and O–H groups in total. The molecule has 1 aromatic carbocycles. The van der Waals surface area contributed by atoms with Crippen LogP contribution < -0.4 is 15.5 Å². The van der Waals surface area contributed by atoms with Crippen molar-refractivity contribution in [3.05, 3.63) is 64.9 Å². The van der Waals surface area contributed by atoms with Gasteiger partial charge in [-0.05, 0) is 79.3 Å². The Balaban J connectivity index is 1.33. The molecule has 3 aliphatic rings. The molecule has 204 valence electrons. The largest absolute Gasteiger partial charge is 0.370 e. The number of amides is 2. The summed E-state index contributed by atoms with van der Waals surface area (Å²) < 4.78 is 38.0. The Hall–Kier alpha value is -3.70. The average molecular weight is 549 g/mol. The van der Waals surface area contributed by atoms with E-state index < -0.39 is 16.1 Å². The van der Waals surface area contributed by atoms with E-state index >= 15 is 0 Å². The number of benzene rings is 1. The molecule has 0 saturated heterocycles. The van der Waals surface area contributed by atoms with Gasteiger partial charge in [-0.15, -0.1) is 0 Å². The molecule has 6 rings (SSSR count). The Labute approximate surface area is 227 Å². The zero-order chi connectivity index (χ0) is 27.3. The Morgan fingerprint density at radius 3 is 2.82 bits per heavy atom. The van der Waals surface area contributed by atoms with E-state index in [1.54, 1.807) is 17.9 Å². The summed E-state index contributed by atoms with van der Waals surface area (Å²) in [6.45, 7) is 6.80. The van der Waals surface area contributed by atoms with E-state index in [1.165, 1.54) is 11.6 Å². The summed E-state index contributed by atoms with van der Waals surface area (Å²) in [6, 6.07) is 6.73. The first-order chi connectivity index (χ1) is 18.8. The van der Waals surface area contributed by atoms with Crippen LogP contribution in [0.5, 0.6) is 0 Å². The number of sulfonamides is 1. The van der Waals surface area contributed by atoms with Crippen LogP contribution in [0.2, 0.25) is 0 Å². The van der Waals surface area contributed by atoms with E-state index in [2.05, 4.69) is 32.8 Å². The molecule has 2 aliphatic carbocycles. The third kappa shape index (κ3) is 4.70. The second-order valence-electron chi connectivity index (χ2n) is 10.3. The van der Waals surface area contributed by atoms with E-state index in [4.69, 9.17) is 4.74 Å². The number of nitrogens with zero attached hydrogens (tertiary/aromatic N) is 4. The number of nitrogens with one attached hydrogen (secondary N) is 2. The number of carbonyl (C=O) groups is 1. The number of pyridine rings is 1. The number of urea groups is 1. The van der Waals surface area contributed by atoms with Crippen LogP contribution in [0.25, 0.3) is 17.3 Å². The van der Waals surface area contributed by atoms with Crippen molar-refractivity contribution in [1.29, 1.82) is 0 Å². The Morgan fingerprint density at radius 2 is 2.08 bits per heavy atom. The first kappa shape index (κ1) is 25.6. The van der Waals surface area contributed by atoms with Gasteiger partial charge in [0.2, 0.25) is 0 Å². The van der Waals surface area contributed by atoms with Crippen LogP contribution in [0.3, 0.4) is 0 Å². The third-order valence-electron chi connectivity index (χ3n) is 7.75. The monoisotopic (exact) mass is 548 g/mol. The molecule has 2 aromatic heterocycles. The first-order valence-corrected chi connectivity index (χ1v) is 14.7. The van der Waals surface area contributed by atoms with Crippen molar-refractivity contribution in [2.24, 2.45) is 10.9 Å². The molecule has 0 bridgehead atoms. The van der Waals surface area contributed by atoms with Crippen LogP contribution >= 0.6 is 0 Å². The molecule has 10 nitrogen and oxygen atoms in total. The lowest BCUT2D eigenvalue weighted by atomic mass is 9.93. The minimum absolute atomic E-state index is 0.146. The molecular formula is C28H32N6O4S. The van der Waals surface area contributed by atoms with E-state index in [1.807, 2.05) is 29.8 Å². The summed E-state index contributed by atoms with van der Waals surface area (Å²) in [5.41, 5.74) is 6.97. The minimum atomic E-state index is -4.20. The summed E-state index contributed by atoms with van der Waals surface area (Å²) in [7, 11) is -2.50. The Morgan fingerprint density at radius 1 is 1.26 bits per heavy atom. The maximum atomic E-state index is 13.2. The molecule has 0 spiro atoms.